The number of nitrogens with zero attached hydrogens (tertiary/aromatic N) is 1. The Morgan fingerprint density at radius 3 is 2.45 bits per heavy atom. The lowest BCUT2D eigenvalue weighted by Gasteiger charge is -2.37. The minimum atomic E-state index is -0.170. The average molecular weight is 396 g/mol. The van der Waals surface area contributed by atoms with E-state index in [0.29, 0.717) is 24.3 Å². The average Bonchev–Trinajstić information content (AvgIpc) is 2.78. The molecule has 1 fully saturated rings. The van der Waals surface area contributed by atoms with E-state index in [4.69, 9.17) is 4.74 Å². The van der Waals surface area contributed by atoms with Crippen LogP contribution in [0.5, 0.6) is 0 Å². The number of para-hydroxylation sites is 1. The molecule has 0 atom stereocenters. The van der Waals surface area contributed by atoms with Crippen molar-refractivity contribution in [3.63, 3.8) is 0 Å². The van der Waals surface area contributed by atoms with E-state index in [0.717, 1.165) is 31.6 Å². The molecule has 2 aromatic carbocycles. The van der Waals surface area contributed by atoms with Gasteiger partial charge in [0.1, 0.15) is 0 Å². The van der Waals surface area contributed by atoms with Crippen molar-refractivity contribution >= 4 is 17.5 Å². The Bertz CT molecular complexity index is 827. The van der Waals surface area contributed by atoms with Crippen LogP contribution in [0.1, 0.15) is 33.6 Å². The predicted molar refractivity (Wildman–Crippen MR) is 114 cm³/mol. The minimum absolute atomic E-state index is 0.0450. The fourth-order valence-electron chi connectivity index (χ4n) is 3.76. The maximum atomic E-state index is 12.8. The number of amides is 2. The topological polar surface area (TPSA) is 70.7 Å². The molecule has 1 heterocycles. The van der Waals surface area contributed by atoms with Crippen LogP contribution < -0.4 is 15.5 Å². The first-order chi connectivity index (χ1) is 14.0. The van der Waals surface area contributed by atoms with Crippen LogP contribution in [0, 0.1) is 5.41 Å². The van der Waals surface area contributed by atoms with Gasteiger partial charge in [0.05, 0.1) is 6.61 Å². The molecule has 29 heavy (non-hydrogen) atoms. The van der Waals surface area contributed by atoms with Gasteiger partial charge in [0.2, 0.25) is 0 Å². The largest absolute Gasteiger partial charge is 0.384 e. The number of hydrogen-bond acceptors (Lipinski definition) is 4. The number of methoxy groups -OCH3 is 1. The molecule has 2 N–H and O–H groups in total. The minimum Gasteiger partial charge on any atom is -0.384 e. The number of benzene rings is 2. The first-order valence-electron chi connectivity index (χ1n) is 9.96. The molecule has 0 aromatic heterocycles. The molecule has 1 aliphatic rings. The van der Waals surface area contributed by atoms with Gasteiger partial charge < -0.3 is 20.3 Å². The summed E-state index contributed by atoms with van der Waals surface area (Å²) in [5, 5.41) is 6.40. The number of carbonyl (C=O) groups is 2. The van der Waals surface area contributed by atoms with Gasteiger partial charge in [-0.3, -0.25) is 9.59 Å². The summed E-state index contributed by atoms with van der Waals surface area (Å²) < 4.78 is 5.41. The number of carbonyl (C=O) groups excluding carboxylic acids is 2. The van der Waals surface area contributed by atoms with Crippen LogP contribution in [0.25, 0.3) is 0 Å². The third-order valence-electron chi connectivity index (χ3n) is 5.56. The van der Waals surface area contributed by atoms with E-state index in [1.807, 2.05) is 30.3 Å². The zero-order valence-corrected chi connectivity index (χ0v) is 17.1. The van der Waals surface area contributed by atoms with Crippen molar-refractivity contribution in [3.8, 4) is 0 Å². The monoisotopic (exact) mass is 395 g/mol. The molecule has 0 unspecified atom stereocenters. The summed E-state index contributed by atoms with van der Waals surface area (Å²) >= 11 is 0. The molecule has 3 rings (SSSR count). The third-order valence-corrected chi connectivity index (χ3v) is 5.56. The van der Waals surface area contributed by atoms with E-state index in [1.54, 1.807) is 43.3 Å². The van der Waals surface area contributed by atoms with Gasteiger partial charge >= 0.3 is 0 Å². The molecule has 2 aromatic rings. The maximum Gasteiger partial charge on any atom is 0.258 e. The quantitative estimate of drug-likeness (QED) is 0.756. The first kappa shape index (κ1) is 21.0. The lowest BCUT2D eigenvalue weighted by Crippen LogP contribution is -2.47. The highest BCUT2D eigenvalue weighted by atomic mass is 16.5. The summed E-state index contributed by atoms with van der Waals surface area (Å²) in [5.41, 5.74) is 1.73. The first-order valence-corrected chi connectivity index (χ1v) is 9.96. The number of rotatable bonds is 7. The zero-order chi connectivity index (χ0) is 20.7. The number of nitrogens with one attached hydrogen (secondary N) is 2. The van der Waals surface area contributed by atoms with Crippen LogP contribution in [0.3, 0.4) is 0 Å². The molecule has 1 aliphatic heterocycles. The Labute approximate surface area is 172 Å². The predicted octanol–water partition coefficient (Wildman–Crippen LogP) is 2.71. The molecular weight excluding hydrogens is 366 g/mol. The SMILES string of the molecule is COCC1(CNC(=O)c2cccc(C(=O)N(C)c3ccccc3)c2)CCNCC1. The number of piperidine rings is 1. The Morgan fingerprint density at radius 2 is 1.76 bits per heavy atom. The van der Waals surface area contributed by atoms with Crippen LogP contribution in [-0.4, -0.2) is 52.2 Å². The molecule has 0 aliphatic carbocycles. The van der Waals surface area contributed by atoms with Crippen molar-refractivity contribution < 1.29 is 14.3 Å². The lowest BCUT2D eigenvalue weighted by atomic mass is 9.79. The molecule has 0 saturated carbocycles. The smallest absolute Gasteiger partial charge is 0.258 e. The van der Waals surface area contributed by atoms with E-state index in [1.165, 1.54) is 0 Å². The zero-order valence-electron chi connectivity index (χ0n) is 17.1. The van der Waals surface area contributed by atoms with Gasteiger partial charge in [-0.05, 0) is 56.3 Å². The van der Waals surface area contributed by atoms with E-state index >= 15 is 0 Å². The normalized spacial score (nSPS) is 15.5. The molecule has 0 bridgehead atoms. The summed E-state index contributed by atoms with van der Waals surface area (Å²) in [6, 6.07) is 16.3. The summed E-state index contributed by atoms with van der Waals surface area (Å²) in [4.78, 5) is 27.2. The fraction of sp³-hybridized carbons (Fsp3) is 0.391. The second kappa shape index (κ2) is 9.67. The second-order valence-corrected chi connectivity index (χ2v) is 7.65. The third kappa shape index (κ3) is 5.22. The highest BCUT2D eigenvalue weighted by Gasteiger charge is 2.32. The summed E-state index contributed by atoms with van der Waals surface area (Å²) in [5.74, 6) is -0.323. The van der Waals surface area contributed by atoms with Crippen molar-refractivity contribution in [2.75, 3.05) is 45.3 Å². The number of anilines is 1. The molecule has 0 spiro atoms. The van der Waals surface area contributed by atoms with Crippen molar-refractivity contribution in [1.29, 1.82) is 0 Å². The molecule has 6 nitrogen and oxygen atoms in total. The molecule has 6 heteroatoms. The van der Waals surface area contributed by atoms with Gasteiger partial charge in [-0.2, -0.15) is 0 Å². The molecule has 0 radical (unpaired) electrons. The van der Waals surface area contributed by atoms with E-state index in [9.17, 15) is 9.59 Å². The van der Waals surface area contributed by atoms with Crippen LogP contribution in [0.4, 0.5) is 5.69 Å². The summed E-state index contributed by atoms with van der Waals surface area (Å²) in [6.45, 7) is 3.03. The van der Waals surface area contributed by atoms with E-state index in [2.05, 4.69) is 10.6 Å². The van der Waals surface area contributed by atoms with Crippen molar-refractivity contribution in [1.82, 2.24) is 10.6 Å². The van der Waals surface area contributed by atoms with Crippen molar-refractivity contribution in [2.45, 2.75) is 12.8 Å². The van der Waals surface area contributed by atoms with Crippen LogP contribution in [0.2, 0.25) is 0 Å². The van der Waals surface area contributed by atoms with Gasteiger partial charge in [0.25, 0.3) is 11.8 Å². The Morgan fingerprint density at radius 1 is 1.07 bits per heavy atom. The van der Waals surface area contributed by atoms with E-state index in [-0.39, 0.29) is 17.2 Å². The maximum absolute atomic E-state index is 12.8. The lowest BCUT2D eigenvalue weighted by molar-refractivity contribution is 0.0512. The molecular formula is C23H29N3O3. The van der Waals surface area contributed by atoms with Gasteiger partial charge in [0.15, 0.2) is 0 Å². The number of ether oxygens (including phenoxy) is 1. The van der Waals surface area contributed by atoms with Crippen molar-refractivity contribution in [2.24, 2.45) is 5.41 Å². The van der Waals surface area contributed by atoms with Gasteiger partial charge in [-0.15, -0.1) is 0 Å². The van der Waals surface area contributed by atoms with Crippen LogP contribution >= 0.6 is 0 Å². The molecule has 154 valence electrons. The molecule has 2 amide bonds. The Kier molecular flexibility index (Phi) is 7.01. The molecule has 1 saturated heterocycles. The van der Waals surface area contributed by atoms with Gasteiger partial charge in [-0.1, -0.05) is 24.3 Å². The highest BCUT2D eigenvalue weighted by molar-refractivity contribution is 6.07. The van der Waals surface area contributed by atoms with Crippen LogP contribution in [-0.2, 0) is 4.74 Å². The Balaban J connectivity index is 1.68. The van der Waals surface area contributed by atoms with E-state index < -0.39 is 0 Å². The summed E-state index contributed by atoms with van der Waals surface area (Å²) in [6.07, 6.45) is 1.92. The standard InChI is InChI=1S/C23H29N3O3/c1-26(20-9-4-3-5-10-20)22(28)19-8-6-7-18(15-19)21(27)25-16-23(17-29-2)11-13-24-14-12-23/h3-10,15,24H,11-14,16-17H2,1-2H3,(H,25,27). The van der Waals surface area contributed by atoms with Crippen LogP contribution in [0.15, 0.2) is 54.6 Å². The number of hydrogen-bond donors (Lipinski definition) is 2. The Hall–Kier alpha value is -2.70. The second-order valence-electron chi connectivity index (χ2n) is 7.65. The van der Waals surface area contributed by atoms with Gasteiger partial charge in [-0.25, -0.2) is 0 Å². The van der Waals surface area contributed by atoms with Crippen molar-refractivity contribution in [3.05, 3.63) is 65.7 Å². The highest BCUT2D eigenvalue weighted by Crippen LogP contribution is 2.28. The van der Waals surface area contributed by atoms with Gasteiger partial charge in [0, 0.05) is 42.9 Å². The summed E-state index contributed by atoms with van der Waals surface area (Å²) in [7, 11) is 3.43. The fourth-order valence-corrected chi connectivity index (χ4v) is 3.76.